The Balaban J connectivity index is 2.25. The molecule has 0 spiro atoms. The van der Waals surface area contributed by atoms with Gasteiger partial charge in [-0.05, 0) is 31.1 Å². The van der Waals surface area contributed by atoms with Crippen molar-refractivity contribution in [1.82, 2.24) is 9.03 Å². The molecular formula is C11H20N2O4S. The Bertz CT molecular complexity index is 442. The first kappa shape index (κ1) is 13.8. The fourth-order valence-electron chi connectivity index (χ4n) is 2.54. The van der Waals surface area contributed by atoms with Crippen molar-refractivity contribution in [3.05, 3.63) is 0 Å². The minimum atomic E-state index is -3.68. The number of hydrogen-bond acceptors (Lipinski definition) is 3. The summed E-state index contributed by atoms with van der Waals surface area (Å²) in [5.74, 6) is -1.07. The lowest BCUT2D eigenvalue weighted by atomic mass is 9.77. The monoisotopic (exact) mass is 276 g/mol. The molecule has 1 atom stereocenters. The third kappa shape index (κ3) is 2.67. The number of nitrogens with zero attached hydrogens (tertiary/aromatic N) is 1. The summed E-state index contributed by atoms with van der Waals surface area (Å²) in [6.45, 7) is 3.90. The fraction of sp³-hybridized carbons (Fsp3) is 0.909. The second kappa shape index (κ2) is 4.47. The first-order valence-electron chi connectivity index (χ1n) is 6.26. The van der Waals surface area contributed by atoms with Crippen LogP contribution in [0.15, 0.2) is 0 Å². The highest BCUT2D eigenvalue weighted by molar-refractivity contribution is 7.87. The van der Waals surface area contributed by atoms with Gasteiger partial charge in [-0.25, -0.2) is 0 Å². The Hall–Kier alpha value is -0.660. The molecule has 2 fully saturated rings. The maximum atomic E-state index is 12.2. The molecule has 0 aromatic heterocycles. The van der Waals surface area contributed by atoms with Gasteiger partial charge in [0.2, 0.25) is 0 Å². The van der Waals surface area contributed by atoms with Crippen LogP contribution in [0.4, 0.5) is 0 Å². The van der Waals surface area contributed by atoms with Gasteiger partial charge >= 0.3 is 5.97 Å². The number of nitrogens with one attached hydrogen (secondary N) is 1. The largest absolute Gasteiger partial charge is 0.480 e. The lowest BCUT2D eigenvalue weighted by Crippen LogP contribution is -2.59. The van der Waals surface area contributed by atoms with Crippen molar-refractivity contribution in [2.75, 3.05) is 6.54 Å². The highest BCUT2D eigenvalue weighted by atomic mass is 32.2. The molecule has 6 nitrogen and oxygen atoms in total. The SMILES string of the molecule is CC1(C)CCCN(S(=O)(=O)NC2CC2)C1C(=O)O. The van der Waals surface area contributed by atoms with Gasteiger partial charge in [0, 0.05) is 12.6 Å². The lowest BCUT2D eigenvalue weighted by Gasteiger charge is -2.42. The van der Waals surface area contributed by atoms with E-state index in [0.717, 1.165) is 23.6 Å². The van der Waals surface area contributed by atoms with Gasteiger partial charge in [0.25, 0.3) is 10.2 Å². The van der Waals surface area contributed by atoms with Crippen molar-refractivity contribution in [2.24, 2.45) is 5.41 Å². The van der Waals surface area contributed by atoms with E-state index >= 15 is 0 Å². The molecule has 2 N–H and O–H groups in total. The molecule has 1 heterocycles. The van der Waals surface area contributed by atoms with E-state index in [-0.39, 0.29) is 12.6 Å². The molecule has 18 heavy (non-hydrogen) atoms. The Morgan fingerprint density at radius 3 is 2.50 bits per heavy atom. The van der Waals surface area contributed by atoms with Gasteiger partial charge in [0.15, 0.2) is 0 Å². The molecular weight excluding hydrogens is 256 g/mol. The summed E-state index contributed by atoms with van der Waals surface area (Å²) in [5.41, 5.74) is -0.539. The summed E-state index contributed by atoms with van der Waals surface area (Å²) in [5, 5.41) is 9.32. The fourth-order valence-corrected chi connectivity index (χ4v) is 4.36. The average Bonchev–Trinajstić information content (AvgIpc) is 2.98. The number of carbonyl (C=O) groups is 1. The summed E-state index contributed by atoms with van der Waals surface area (Å²) in [6, 6.07) is -0.989. The number of carboxylic acids is 1. The summed E-state index contributed by atoms with van der Waals surface area (Å²) in [4.78, 5) is 11.4. The van der Waals surface area contributed by atoms with Crippen LogP contribution >= 0.6 is 0 Å². The lowest BCUT2D eigenvalue weighted by molar-refractivity contribution is -0.147. The first-order chi connectivity index (χ1) is 8.24. The minimum absolute atomic E-state index is 0.00511. The zero-order chi connectivity index (χ0) is 13.6. The molecule has 104 valence electrons. The number of carboxylic acid groups (broad SMARTS) is 1. The number of hydrogen-bond donors (Lipinski definition) is 2. The Kier molecular flexibility index (Phi) is 3.42. The van der Waals surface area contributed by atoms with Gasteiger partial charge in [-0.3, -0.25) is 4.79 Å². The molecule has 0 aromatic rings. The third-order valence-corrected chi connectivity index (χ3v) is 5.31. The molecule has 2 rings (SSSR count). The van der Waals surface area contributed by atoms with E-state index in [1.807, 2.05) is 13.8 Å². The van der Waals surface area contributed by atoms with E-state index in [1.54, 1.807) is 0 Å². The van der Waals surface area contributed by atoms with Crippen LogP contribution in [0.5, 0.6) is 0 Å². The van der Waals surface area contributed by atoms with Gasteiger partial charge in [0.1, 0.15) is 6.04 Å². The molecule has 0 bridgehead atoms. The smallest absolute Gasteiger partial charge is 0.322 e. The van der Waals surface area contributed by atoms with Gasteiger partial charge in [-0.1, -0.05) is 13.8 Å². The molecule has 1 saturated heterocycles. The zero-order valence-corrected chi connectivity index (χ0v) is 11.5. The van der Waals surface area contributed by atoms with Gasteiger partial charge < -0.3 is 5.11 Å². The van der Waals surface area contributed by atoms with E-state index in [9.17, 15) is 18.3 Å². The highest BCUT2D eigenvalue weighted by Crippen LogP contribution is 2.37. The zero-order valence-electron chi connectivity index (χ0n) is 10.7. The van der Waals surface area contributed by atoms with Crippen LogP contribution in [-0.4, -0.2) is 42.4 Å². The highest BCUT2D eigenvalue weighted by Gasteiger charge is 2.48. The van der Waals surface area contributed by atoms with Crippen molar-refractivity contribution in [1.29, 1.82) is 0 Å². The summed E-state index contributed by atoms with van der Waals surface area (Å²) in [7, 11) is -3.68. The first-order valence-corrected chi connectivity index (χ1v) is 7.70. The van der Waals surface area contributed by atoms with E-state index in [4.69, 9.17) is 0 Å². The maximum absolute atomic E-state index is 12.2. The van der Waals surface area contributed by atoms with Crippen molar-refractivity contribution < 1.29 is 18.3 Å². The molecule has 1 saturated carbocycles. The van der Waals surface area contributed by atoms with Crippen LogP contribution in [0.2, 0.25) is 0 Å². The van der Waals surface area contributed by atoms with E-state index in [2.05, 4.69) is 4.72 Å². The van der Waals surface area contributed by atoms with E-state index < -0.39 is 27.6 Å². The second-order valence-corrected chi connectivity index (χ2v) is 7.50. The van der Waals surface area contributed by atoms with Crippen LogP contribution in [0.25, 0.3) is 0 Å². The summed E-state index contributed by atoms with van der Waals surface area (Å²) < 4.78 is 28.1. The van der Waals surface area contributed by atoms with Gasteiger partial charge in [-0.2, -0.15) is 17.4 Å². The Labute approximate surface area is 108 Å². The molecule has 1 aliphatic heterocycles. The average molecular weight is 276 g/mol. The van der Waals surface area contributed by atoms with Crippen molar-refractivity contribution in [3.63, 3.8) is 0 Å². The third-order valence-electron chi connectivity index (χ3n) is 3.66. The Morgan fingerprint density at radius 1 is 1.39 bits per heavy atom. The predicted molar refractivity (Wildman–Crippen MR) is 66.2 cm³/mol. The summed E-state index contributed by atoms with van der Waals surface area (Å²) >= 11 is 0. The standard InChI is InChI=1S/C11H20N2O4S/c1-11(2)6-3-7-13(9(11)10(14)15)18(16,17)12-8-4-5-8/h8-9,12H,3-7H2,1-2H3,(H,14,15). The second-order valence-electron chi connectivity index (χ2n) is 5.84. The van der Waals surface area contributed by atoms with E-state index in [1.165, 1.54) is 0 Å². The predicted octanol–water partition coefficient (Wildman–Crippen LogP) is 0.558. The number of aliphatic carboxylic acids is 1. The molecule has 7 heteroatoms. The van der Waals surface area contributed by atoms with Gasteiger partial charge in [0.05, 0.1) is 0 Å². The number of piperidine rings is 1. The van der Waals surface area contributed by atoms with Crippen LogP contribution in [0.3, 0.4) is 0 Å². The van der Waals surface area contributed by atoms with Crippen LogP contribution in [0, 0.1) is 5.41 Å². The van der Waals surface area contributed by atoms with Crippen molar-refractivity contribution >= 4 is 16.2 Å². The summed E-state index contributed by atoms with van der Waals surface area (Å²) in [6.07, 6.45) is 3.10. The van der Waals surface area contributed by atoms with Crippen LogP contribution in [0.1, 0.15) is 39.5 Å². The minimum Gasteiger partial charge on any atom is -0.480 e. The molecule has 2 aliphatic rings. The Morgan fingerprint density at radius 2 is 2.00 bits per heavy atom. The topological polar surface area (TPSA) is 86.7 Å². The van der Waals surface area contributed by atoms with Crippen LogP contribution < -0.4 is 4.72 Å². The van der Waals surface area contributed by atoms with Crippen molar-refractivity contribution in [3.8, 4) is 0 Å². The maximum Gasteiger partial charge on any atom is 0.322 e. The molecule has 0 amide bonds. The molecule has 1 aliphatic carbocycles. The molecule has 0 radical (unpaired) electrons. The number of rotatable bonds is 4. The van der Waals surface area contributed by atoms with Gasteiger partial charge in [-0.15, -0.1) is 0 Å². The quantitative estimate of drug-likeness (QED) is 0.785. The molecule has 1 unspecified atom stereocenters. The molecule has 0 aromatic carbocycles. The van der Waals surface area contributed by atoms with E-state index in [0.29, 0.717) is 6.42 Å². The normalized spacial score (nSPS) is 29.1. The van der Waals surface area contributed by atoms with Crippen molar-refractivity contribution in [2.45, 2.75) is 51.6 Å². The van der Waals surface area contributed by atoms with Crippen LogP contribution in [-0.2, 0) is 15.0 Å².